The molecular formula is C24H20ClN3O4. The highest BCUT2D eigenvalue weighted by Gasteiger charge is 2.20. The van der Waals surface area contributed by atoms with Crippen LogP contribution in [0, 0.1) is 0 Å². The average Bonchev–Trinajstić information content (AvgIpc) is 3.31. The van der Waals surface area contributed by atoms with Crippen LogP contribution in [0.2, 0.25) is 5.02 Å². The number of rotatable bonds is 7. The molecule has 0 aliphatic carbocycles. The minimum Gasteiger partial charge on any atom is -0.497 e. The number of nitrogens with one attached hydrogen (secondary N) is 1. The highest BCUT2D eigenvalue weighted by molar-refractivity contribution is 6.32. The molecule has 0 saturated carbocycles. The molecule has 162 valence electrons. The molecule has 0 unspecified atom stereocenters. The molecule has 0 aliphatic rings. The number of amides is 1. The third-order valence-electron chi connectivity index (χ3n) is 4.70. The van der Waals surface area contributed by atoms with Gasteiger partial charge in [-0.3, -0.25) is 4.79 Å². The summed E-state index contributed by atoms with van der Waals surface area (Å²) in [6.07, 6.45) is -0.777. The summed E-state index contributed by atoms with van der Waals surface area (Å²) in [5.74, 6) is 1.54. The molecule has 0 aliphatic heterocycles. The molecule has 0 bridgehead atoms. The van der Waals surface area contributed by atoms with E-state index in [4.69, 9.17) is 25.6 Å². The lowest BCUT2D eigenvalue weighted by molar-refractivity contribution is -0.122. The SMILES string of the molecule is COc1ccc(-c2noc(-c3ccccc3NC(=O)[C@H](C)Oc3ccccc3Cl)n2)cc1. The summed E-state index contributed by atoms with van der Waals surface area (Å²) in [6.45, 7) is 1.65. The summed E-state index contributed by atoms with van der Waals surface area (Å²) in [7, 11) is 1.60. The van der Waals surface area contributed by atoms with Crippen molar-refractivity contribution in [2.75, 3.05) is 12.4 Å². The van der Waals surface area contributed by atoms with Crippen LogP contribution in [0.1, 0.15) is 6.92 Å². The Morgan fingerprint density at radius 3 is 2.50 bits per heavy atom. The van der Waals surface area contributed by atoms with E-state index in [1.165, 1.54) is 0 Å². The van der Waals surface area contributed by atoms with Crippen molar-refractivity contribution in [1.82, 2.24) is 10.1 Å². The number of carbonyl (C=O) groups excluding carboxylic acids is 1. The van der Waals surface area contributed by atoms with Gasteiger partial charge in [-0.25, -0.2) is 0 Å². The van der Waals surface area contributed by atoms with Gasteiger partial charge in [-0.2, -0.15) is 4.98 Å². The highest BCUT2D eigenvalue weighted by atomic mass is 35.5. The van der Waals surface area contributed by atoms with E-state index >= 15 is 0 Å². The van der Waals surface area contributed by atoms with Gasteiger partial charge in [0, 0.05) is 5.56 Å². The van der Waals surface area contributed by atoms with Crippen molar-refractivity contribution >= 4 is 23.2 Å². The Morgan fingerprint density at radius 1 is 1.03 bits per heavy atom. The maximum Gasteiger partial charge on any atom is 0.265 e. The van der Waals surface area contributed by atoms with Gasteiger partial charge in [0.05, 0.1) is 23.4 Å². The maximum atomic E-state index is 12.7. The number of hydrogen-bond donors (Lipinski definition) is 1. The molecule has 32 heavy (non-hydrogen) atoms. The number of methoxy groups -OCH3 is 1. The molecule has 8 heteroatoms. The van der Waals surface area contributed by atoms with E-state index in [0.29, 0.717) is 27.8 Å². The summed E-state index contributed by atoms with van der Waals surface area (Å²) in [5.41, 5.74) is 1.90. The smallest absolute Gasteiger partial charge is 0.265 e. The second-order valence-corrected chi connectivity index (χ2v) is 7.28. The van der Waals surface area contributed by atoms with Crippen molar-refractivity contribution in [2.24, 2.45) is 0 Å². The Labute approximate surface area is 189 Å². The van der Waals surface area contributed by atoms with E-state index in [1.807, 2.05) is 30.3 Å². The summed E-state index contributed by atoms with van der Waals surface area (Å²) in [6, 6.07) is 21.5. The van der Waals surface area contributed by atoms with Crippen LogP contribution in [0.25, 0.3) is 22.8 Å². The van der Waals surface area contributed by atoms with Crippen molar-refractivity contribution in [3.8, 4) is 34.3 Å². The van der Waals surface area contributed by atoms with Gasteiger partial charge >= 0.3 is 0 Å². The summed E-state index contributed by atoms with van der Waals surface area (Å²) < 4.78 is 16.3. The quantitative estimate of drug-likeness (QED) is 0.402. The van der Waals surface area contributed by atoms with Gasteiger partial charge in [0.25, 0.3) is 11.8 Å². The van der Waals surface area contributed by atoms with Crippen LogP contribution in [0.4, 0.5) is 5.69 Å². The molecule has 1 N–H and O–H groups in total. The van der Waals surface area contributed by atoms with Crippen molar-refractivity contribution < 1.29 is 18.8 Å². The number of carbonyl (C=O) groups is 1. The van der Waals surface area contributed by atoms with Gasteiger partial charge in [-0.15, -0.1) is 0 Å². The molecular weight excluding hydrogens is 430 g/mol. The standard InChI is InChI=1S/C24H20ClN3O4/c1-15(31-21-10-6-4-8-19(21)25)23(29)26-20-9-5-3-7-18(20)24-27-22(28-32-24)16-11-13-17(30-2)14-12-16/h3-15H,1-2H3,(H,26,29)/t15-/m0/s1. The molecule has 1 atom stereocenters. The van der Waals surface area contributed by atoms with Crippen molar-refractivity contribution in [2.45, 2.75) is 13.0 Å². The predicted octanol–water partition coefficient (Wildman–Crippen LogP) is 5.47. The Hall–Kier alpha value is -3.84. The van der Waals surface area contributed by atoms with E-state index in [0.717, 1.165) is 11.3 Å². The van der Waals surface area contributed by atoms with Crippen LogP contribution >= 0.6 is 11.6 Å². The molecule has 4 aromatic rings. The third-order valence-corrected chi connectivity index (χ3v) is 5.01. The number of hydrogen-bond acceptors (Lipinski definition) is 6. The van der Waals surface area contributed by atoms with Gasteiger partial charge < -0.3 is 19.3 Å². The number of nitrogens with zero attached hydrogens (tertiary/aromatic N) is 2. The maximum absolute atomic E-state index is 12.7. The molecule has 3 aromatic carbocycles. The third kappa shape index (κ3) is 4.73. The Kier molecular flexibility index (Phi) is 6.37. The largest absolute Gasteiger partial charge is 0.497 e. The zero-order chi connectivity index (χ0) is 22.5. The van der Waals surface area contributed by atoms with Crippen LogP contribution in [-0.2, 0) is 4.79 Å². The summed E-state index contributed by atoms with van der Waals surface area (Å²) >= 11 is 6.12. The van der Waals surface area contributed by atoms with E-state index in [-0.39, 0.29) is 11.8 Å². The van der Waals surface area contributed by atoms with Gasteiger partial charge in [0.1, 0.15) is 11.5 Å². The first-order valence-electron chi connectivity index (χ1n) is 9.84. The topological polar surface area (TPSA) is 86.5 Å². The van der Waals surface area contributed by atoms with Crippen LogP contribution in [-0.4, -0.2) is 29.3 Å². The number of ether oxygens (including phenoxy) is 2. The minimum absolute atomic E-state index is 0.284. The van der Waals surface area contributed by atoms with Gasteiger partial charge in [0.2, 0.25) is 5.82 Å². The summed E-state index contributed by atoms with van der Waals surface area (Å²) in [4.78, 5) is 17.2. The van der Waals surface area contributed by atoms with E-state index in [2.05, 4.69) is 15.5 Å². The Morgan fingerprint density at radius 2 is 1.75 bits per heavy atom. The number of anilines is 1. The van der Waals surface area contributed by atoms with E-state index in [1.54, 1.807) is 56.5 Å². The van der Waals surface area contributed by atoms with E-state index < -0.39 is 6.10 Å². The van der Waals surface area contributed by atoms with Crippen LogP contribution < -0.4 is 14.8 Å². The van der Waals surface area contributed by atoms with Gasteiger partial charge in [-0.1, -0.05) is 41.0 Å². The monoisotopic (exact) mass is 449 g/mol. The summed E-state index contributed by atoms with van der Waals surface area (Å²) in [5, 5.41) is 7.36. The fraction of sp³-hybridized carbons (Fsp3) is 0.125. The fourth-order valence-electron chi connectivity index (χ4n) is 2.99. The second-order valence-electron chi connectivity index (χ2n) is 6.88. The molecule has 0 fully saturated rings. The number of benzene rings is 3. The first-order chi connectivity index (χ1) is 15.5. The predicted molar refractivity (Wildman–Crippen MR) is 122 cm³/mol. The van der Waals surface area contributed by atoms with Crippen LogP contribution in [0.3, 0.4) is 0 Å². The Balaban J connectivity index is 1.52. The molecule has 1 aromatic heterocycles. The second kappa shape index (κ2) is 9.53. The zero-order valence-corrected chi connectivity index (χ0v) is 18.2. The van der Waals surface area contributed by atoms with Crippen molar-refractivity contribution in [1.29, 1.82) is 0 Å². The molecule has 1 amide bonds. The van der Waals surface area contributed by atoms with Crippen LogP contribution in [0.15, 0.2) is 77.3 Å². The van der Waals surface area contributed by atoms with Gasteiger partial charge in [0.15, 0.2) is 6.10 Å². The molecule has 7 nitrogen and oxygen atoms in total. The number of para-hydroxylation sites is 2. The lowest BCUT2D eigenvalue weighted by atomic mass is 10.1. The molecule has 0 radical (unpaired) electrons. The normalized spacial score (nSPS) is 11.6. The highest BCUT2D eigenvalue weighted by Crippen LogP contribution is 2.30. The van der Waals surface area contributed by atoms with Crippen molar-refractivity contribution in [3.05, 3.63) is 77.8 Å². The lowest BCUT2D eigenvalue weighted by Gasteiger charge is -2.16. The van der Waals surface area contributed by atoms with Crippen molar-refractivity contribution in [3.63, 3.8) is 0 Å². The minimum atomic E-state index is -0.777. The molecule has 0 saturated heterocycles. The Bertz CT molecular complexity index is 1220. The number of halogens is 1. The fourth-order valence-corrected chi connectivity index (χ4v) is 3.17. The van der Waals surface area contributed by atoms with Gasteiger partial charge in [-0.05, 0) is 55.5 Å². The molecule has 4 rings (SSSR count). The molecule has 1 heterocycles. The molecule has 0 spiro atoms. The van der Waals surface area contributed by atoms with Crippen LogP contribution in [0.5, 0.6) is 11.5 Å². The lowest BCUT2D eigenvalue weighted by Crippen LogP contribution is -2.30. The first-order valence-corrected chi connectivity index (χ1v) is 10.2. The first kappa shape index (κ1) is 21.4. The van der Waals surface area contributed by atoms with E-state index in [9.17, 15) is 4.79 Å². The zero-order valence-electron chi connectivity index (χ0n) is 17.4. The average molecular weight is 450 g/mol. The number of aromatic nitrogens is 2.